The molecule has 2 bridgehead atoms. The molecule has 1 N–H and O–H groups in total. The van der Waals surface area contributed by atoms with Gasteiger partial charge in [-0.05, 0) is 37.4 Å². The summed E-state index contributed by atoms with van der Waals surface area (Å²) in [6.07, 6.45) is 4.08. The summed E-state index contributed by atoms with van der Waals surface area (Å²) in [7, 11) is 0. The Morgan fingerprint density at radius 1 is 1.43 bits per heavy atom. The zero-order valence-corrected chi connectivity index (χ0v) is 13.1. The fourth-order valence-electron chi connectivity index (χ4n) is 3.45. The highest BCUT2D eigenvalue weighted by Gasteiger charge is 2.33. The largest absolute Gasteiger partial charge is 0.347 e. The molecule has 2 aromatic rings. The van der Waals surface area contributed by atoms with Gasteiger partial charge in [0, 0.05) is 35.4 Å². The second kappa shape index (κ2) is 5.23. The minimum absolute atomic E-state index is 0.0751. The van der Waals surface area contributed by atoms with Crippen LogP contribution in [0.4, 0.5) is 0 Å². The summed E-state index contributed by atoms with van der Waals surface area (Å²) in [6.45, 7) is 3.34. The second-order valence-corrected chi connectivity index (χ2v) is 7.69. The number of rotatable bonds is 2. The maximum Gasteiger partial charge on any atom is 0.270 e. The Morgan fingerprint density at radius 2 is 2.33 bits per heavy atom. The van der Waals surface area contributed by atoms with Crippen LogP contribution in [0.5, 0.6) is 0 Å². The Balaban J connectivity index is 1.50. The number of aromatic nitrogens is 1. The first-order chi connectivity index (χ1) is 10.2. The average molecular weight is 322 g/mol. The van der Waals surface area contributed by atoms with Crippen molar-refractivity contribution in [1.29, 1.82) is 0 Å². The quantitative estimate of drug-likeness (QED) is 0.925. The first kappa shape index (κ1) is 13.5. The van der Waals surface area contributed by atoms with Crippen LogP contribution in [0, 0.1) is 5.92 Å². The van der Waals surface area contributed by atoms with Crippen LogP contribution < -0.4 is 5.32 Å². The fourth-order valence-corrected chi connectivity index (χ4v) is 4.61. The van der Waals surface area contributed by atoms with Crippen molar-refractivity contribution in [2.45, 2.75) is 18.9 Å². The first-order valence-electron chi connectivity index (χ1n) is 7.26. The van der Waals surface area contributed by atoms with Gasteiger partial charge >= 0.3 is 0 Å². The average Bonchev–Trinajstić information content (AvgIpc) is 2.99. The summed E-state index contributed by atoms with van der Waals surface area (Å²) in [4.78, 5) is 19.1. The predicted molar refractivity (Wildman–Crippen MR) is 85.0 cm³/mol. The van der Waals surface area contributed by atoms with Crippen LogP contribution in [-0.4, -0.2) is 41.5 Å². The Kier molecular flexibility index (Phi) is 3.36. The van der Waals surface area contributed by atoms with Crippen molar-refractivity contribution >= 4 is 38.9 Å². The lowest BCUT2D eigenvalue weighted by molar-refractivity contribution is 0.0904. The van der Waals surface area contributed by atoms with E-state index in [-0.39, 0.29) is 11.9 Å². The van der Waals surface area contributed by atoms with Crippen LogP contribution in [0.15, 0.2) is 18.3 Å². The number of thiophene rings is 1. The number of carbonyl (C=O) groups excluding carboxylic acids is 1. The molecule has 2 saturated heterocycles. The second-order valence-electron chi connectivity index (χ2n) is 5.98. The number of hydrogen-bond acceptors (Lipinski definition) is 4. The van der Waals surface area contributed by atoms with Crippen molar-refractivity contribution < 1.29 is 4.79 Å². The number of pyridine rings is 1. The third kappa shape index (κ3) is 2.65. The summed E-state index contributed by atoms with van der Waals surface area (Å²) in [5.41, 5.74) is 0.480. The van der Waals surface area contributed by atoms with Crippen molar-refractivity contribution in [2.75, 3.05) is 19.6 Å². The van der Waals surface area contributed by atoms with E-state index in [1.807, 2.05) is 12.1 Å². The van der Waals surface area contributed by atoms with Crippen LogP contribution in [-0.2, 0) is 0 Å². The molecule has 4 nitrogen and oxygen atoms in total. The molecule has 3 atom stereocenters. The number of carbonyl (C=O) groups is 1. The van der Waals surface area contributed by atoms with Crippen molar-refractivity contribution in [3.8, 4) is 0 Å². The number of piperidine rings is 1. The standard InChI is InChI=1S/C15H16ClN3OS/c16-14-4-10-6-17-12(5-13(10)21-14)15(20)18-11-3-9-1-2-19(7-9)8-11/h4-6,9,11H,1-3,7-8H2,(H,18,20). The van der Waals surface area contributed by atoms with Gasteiger partial charge in [-0.2, -0.15) is 0 Å². The summed E-state index contributed by atoms with van der Waals surface area (Å²) >= 11 is 7.47. The van der Waals surface area contributed by atoms with Crippen molar-refractivity contribution in [1.82, 2.24) is 15.2 Å². The summed E-state index contributed by atoms with van der Waals surface area (Å²) in [5.74, 6) is 0.671. The van der Waals surface area contributed by atoms with E-state index in [4.69, 9.17) is 11.6 Å². The predicted octanol–water partition coefficient (Wildman–Crippen LogP) is 2.77. The van der Waals surface area contributed by atoms with Crippen LogP contribution in [0.2, 0.25) is 4.34 Å². The summed E-state index contributed by atoms with van der Waals surface area (Å²) in [6, 6.07) is 3.96. The minimum atomic E-state index is -0.0751. The van der Waals surface area contributed by atoms with E-state index < -0.39 is 0 Å². The molecule has 4 rings (SSSR count). The van der Waals surface area contributed by atoms with Gasteiger partial charge in [0.05, 0.1) is 4.34 Å². The maximum absolute atomic E-state index is 12.4. The summed E-state index contributed by atoms with van der Waals surface area (Å²) in [5, 5.41) is 4.13. The molecule has 110 valence electrons. The topological polar surface area (TPSA) is 45.2 Å². The third-order valence-electron chi connectivity index (χ3n) is 4.41. The number of nitrogens with zero attached hydrogens (tertiary/aromatic N) is 2. The van der Waals surface area contributed by atoms with Crippen molar-refractivity contribution in [2.24, 2.45) is 5.92 Å². The van der Waals surface area contributed by atoms with Crippen LogP contribution in [0.3, 0.4) is 0 Å². The lowest BCUT2D eigenvalue weighted by Gasteiger charge is -2.30. The molecule has 1 amide bonds. The Morgan fingerprint density at radius 3 is 3.19 bits per heavy atom. The van der Waals surface area contributed by atoms with Gasteiger partial charge in [-0.3, -0.25) is 9.78 Å². The Labute approximate surface area is 132 Å². The van der Waals surface area contributed by atoms with Crippen molar-refractivity contribution in [3.05, 3.63) is 28.4 Å². The van der Waals surface area contributed by atoms with Crippen LogP contribution >= 0.6 is 22.9 Å². The van der Waals surface area contributed by atoms with Crippen LogP contribution in [0.25, 0.3) is 10.1 Å². The van der Waals surface area contributed by atoms with E-state index in [0.29, 0.717) is 5.69 Å². The molecule has 3 unspecified atom stereocenters. The van der Waals surface area contributed by atoms with E-state index in [1.165, 1.54) is 30.8 Å². The van der Waals surface area contributed by atoms with E-state index >= 15 is 0 Å². The third-order valence-corrected chi connectivity index (χ3v) is 5.63. The summed E-state index contributed by atoms with van der Waals surface area (Å²) < 4.78 is 1.73. The lowest BCUT2D eigenvalue weighted by Crippen LogP contribution is -2.47. The number of fused-ring (bicyclic) bond motifs is 3. The highest BCUT2D eigenvalue weighted by atomic mass is 35.5. The highest BCUT2D eigenvalue weighted by Crippen LogP contribution is 2.29. The maximum atomic E-state index is 12.4. The van der Waals surface area contributed by atoms with Gasteiger partial charge in [-0.15, -0.1) is 11.3 Å². The number of nitrogens with one attached hydrogen (secondary N) is 1. The molecule has 4 heterocycles. The van der Waals surface area contributed by atoms with Gasteiger partial charge in [-0.1, -0.05) is 11.6 Å². The molecular formula is C15H16ClN3OS. The molecule has 0 saturated carbocycles. The number of hydrogen-bond donors (Lipinski definition) is 1. The molecule has 6 heteroatoms. The molecule has 0 spiro atoms. The van der Waals surface area contributed by atoms with Gasteiger partial charge in [0.15, 0.2) is 0 Å². The molecule has 2 aromatic heterocycles. The fraction of sp³-hybridized carbons (Fsp3) is 0.467. The molecule has 0 radical (unpaired) electrons. The van der Waals surface area contributed by atoms with Gasteiger partial charge in [0.1, 0.15) is 5.69 Å². The molecular weight excluding hydrogens is 306 g/mol. The number of amides is 1. The van der Waals surface area contributed by atoms with E-state index in [2.05, 4.69) is 15.2 Å². The molecule has 0 aromatic carbocycles. The first-order valence-corrected chi connectivity index (χ1v) is 8.45. The monoisotopic (exact) mass is 321 g/mol. The molecule has 21 heavy (non-hydrogen) atoms. The highest BCUT2D eigenvalue weighted by molar-refractivity contribution is 7.22. The zero-order chi connectivity index (χ0) is 14.4. The SMILES string of the molecule is O=C(NC1CC2CCN(C2)C1)c1cc2sc(Cl)cc2cn1. The normalized spacial score (nSPS) is 28.0. The molecule has 2 aliphatic rings. The van der Waals surface area contributed by atoms with Crippen molar-refractivity contribution in [3.63, 3.8) is 0 Å². The minimum Gasteiger partial charge on any atom is -0.347 e. The van der Waals surface area contributed by atoms with Gasteiger partial charge in [0.2, 0.25) is 0 Å². The Bertz CT molecular complexity index is 689. The van der Waals surface area contributed by atoms with Crippen LogP contribution in [0.1, 0.15) is 23.3 Å². The molecule has 2 aliphatic heterocycles. The van der Waals surface area contributed by atoms with Gasteiger partial charge < -0.3 is 10.2 Å². The smallest absolute Gasteiger partial charge is 0.270 e. The van der Waals surface area contributed by atoms with Gasteiger partial charge in [0.25, 0.3) is 5.91 Å². The number of halogens is 1. The van der Waals surface area contributed by atoms with Gasteiger partial charge in [-0.25, -0.2) is 0 Å². The van der Waals surface area contributed by atoms with E-state index in [1.54, 1.807) is 6.20 Å². The van der Waals surface area contributed by atoms with E-state index in [0.717, 1.165) is 33.3 Å². The molecule has 2 fully saturated rings. The zero-order valence-electron chi connectivity index (χ0n) is 11.5. The molecule has 0 aliphatic carbocycles. The lowest BCUT2D eigenvalue weighted by atomic mass is 9.97. The Hall–Kier alpha value is -1.17. The van der Waals surface area contributed by atoms with E-state index in [9.17, 15) is 4.79 Å².